The third-order valence-corrected chi connectivity index (χ3v) is 3.87. The van der Waals surface area contributed by atoms with Gasteiger partial charge in [-0.05, 0) is 48.9 Å². The van der Waals surface area contributed by atoms with Crippen LogP contribution in [0.1, 0.15) is 18.1 Å². The van der Waals surface area contributed by atoms with Crippen molar-refractivity contribution in [2.45, 2.75) is 19.9 Å². The van der Waals surface area contributed by atoms with Gasteiger partial charge in [0.25, 0.3) is 0 Å². The van der Waals surface area contributed by atoms with Crippen LogP contribution in [-0.4, -0.2) is 14.1 Å². The topological polar surface area (TPSA) is 15.3 Å². The summed E-state index contributed by atoms with van der Waals surface area (Å²) in [5.41, 5.74) is 4.73. The highest BCUT2D eigenvalue weighted by atomic mass is 35.5. The number of nitrogens with one attached hydrogen (secondary N) is 1. The molecule has 106 valence electrons. The lowest BCUT2D eigenvalue weighted by atomic mass is 10.1. The molecule has 0 aromatic heterocycles. The van der Waals surface area contributed by atoms with E-state index in [-0.39, 0.29) is 0 Å². The summed E-state index contributed by atoms with van der Waals surface area (Å²) in [6, 6.07) is 14.8. The van der Waals surface area contributed by atoms with Gasteiger partial charge >= 0.3 is 0 Å². The zero-order valence-electron chi connectivity index (χ0n) is 12.3. The molecule has 0 radical (unpaired) electrons. The Labute approximate surface area is 126 Å². The van der Waals surface area contributed by atoms with Crippen molar-refractivity contribution in [1.82, 2.24) is 5.32 Å². The van der Waals surface area contributed by atoms with Crippen molar-refractivity contribution >= 4 is 23.0 Å². The molecular formula is C17H21ClN2. The molecular weight excluding hydrogens is 268 g/mol. The first-order valence-electron chi connectivity index (χ1n) is 6.91. The minimum Gasteiger partial charge on any atom is -0.345 e. The van der Waals surface area contributed by atoms with Gasteiger partial charge in [0.05, 0.1) is 0 Å². The lowest BCUT2D eigenvalue weighted by Crippen LogP contribution is -2.10. The Morgan fingerprint density at radius 1 is 1.05 bits per heavy atom. The molecule has 0 aliphatic heterocycles. The van der Waals surface area contributed by atoms with Crippen LogP contribution in [0.3, 0.4) is 0 Å². The van der Waals surface area contributed by atoms with Crippen LogP contribution in [0.25, 0.3) is 0 Å². The maximum absolute atomic E-state index is 6.32. The van der Waals surface area contributed by atoms with E-state index < -0.39 is 0 Å². The molecule has 2 rings (SSSR count). The van der Waals surface area contributed by atoms with Gasteiger partial charge in [0.1, 0.15) is 0 Å². The molecule has 3 heteroatoms. The number of hydrogen-bond acceptors (Lipinski definition) is 2. The normalized spacial score (nSPS) is 10.6. The summed E-state index contributed by atoms with van der Waals surface area (Å²) in [6.45, 7) is 2.95. The van der Waals surface area contributed by atoms with E-state index >= 15 is 0 Å². The van der Waals surface area contributed by atoms with E-state index in [1.54, 1.807) is 0 Å². The standard InChI is InChI=1S/C17H21ClN2/c1-4-13-5-8-15(9-6-13)20(3)16-10-7-14(12-19-2)17(18)11-16/h5-11,19H,4,12H2,1-3H3. The molecule has 0 fully saturated rings. The maximum atomic E-state index is 6.32. The van der Waals surface area contributed by atoms with Gasteiger partial charge in [0.2, 0.25) is 0 Å². The Kier molecular flexibility index (Phi) is 5.05. The molecule has 0 aliphatic carbocycles. The van der Waals surface area contributed by atoms with Gasteiger partial charge < -0.3 is 10.2 Å². The zero-order valence-corrected chi connectivity index (χ0v) is 13.0. The molecule has 0 saturated heterocycles. The first-order chi connectivity index (χ1) is 9.65. The van der Waals surface area contributed by atoms with Crippen LogP contribution in [0.4, 0.5) is 11.4 Å². The van der Waals surface area contributed by atoms with Crippen LogP contribution >= 0.6 is 11.6 Å². The monoisotopic (exact) mass is 288 g/mol. The maximum Gasteiger partial charge on any atom is 0.0471 e. The Balaban J connectivity index is 2.23. The second kappa shape index (κ2) is 6.78. The molecule has 0 bridgehead atoms. The highest BCUT2D eigenvalue weighted by Crippen LogP contribution is 2.28. The summed E-state index contributed by atoms with van der Waals surface area (Å²) in [4.78, 5) is 2.15. The number of aryl methyl sites for hydroxylation is 1. The van der Waals surface area contributed by atoms with Gasteiger partial charge in [-0.15, -0.1) is 0 Å². The van der Waals surface area contributed by atoms with Gasteiger partial charge in [-0.2, -0.15) is 0 Å². The second-order valence-electron chi connectivity index (χ2n) is 4.89. The Hall–Kier alpha value is -1.51. The third kappa shape index (κ3) is 3.33. The first-order valence-corrected chi connectivity index (χ1v) is 7.29. The number of anilines is 2. The van der Waals surface area contributed by atoms with Crippen LogP contribution in [-0.2, 0) is 13.0 Å². The van der Waals surface area contributed by atoms with E-state index in [0.717, 1.165) is 29.2 Å². The molecule has 2 nitrogen and oxygen atoms in total. The average Bonchev–Trinajstić information content (AvgIpc) is 2.49. The third-order valence-electron chi connectivity index (χ3n) is 3.52. The molecule has 20 heavy (non-hydrogen) atoms. The van der Waals surface area contributed by atoms with Crippen molar-refractivity contribution in [3.05, 3.63) is 58.6 Å². The Morgan fingerprint density at radius 3 is 2.25 bits per heavy atom. The van der Waals surface area contributed by atoms with Gasteiger partial charge in [0, 0.05) is 30.0 Å². The second-order valence-corrected chi connectivity index (χ2v) is 5.29. The van der Waals surface area contributed by atoms with Gasteiger partial charge in [0.15, 0.2) is 0 Å². The molecule has 1 N–H and O–H groups in total. The number of hydrogen-bond donors (Lipinski definition) is 1. The quantitative estimate of drug-likeness (QED) is 0.878. The SMILES string of the molecule is CCc1ccc(N(C)c2ccc(CNC)c(Cl)c2)cc1. The minimum atomic E-state index is 0.786. The summed E-state index contributed by atoms with van der Waals surface area (Å²) < 4.78 is 0. The molecule has 0 heterocycles. The summed E-state index contributed by atoms with van der Waals surface area (Å²) in [7, 11) is 3.98. The Morgan fingerprint density at radius 2 is 1.70 bits per heavy atom. The first kappa shape index (κ1) is 14.9. The summed E-state index contributed by atoms with van der Waals surface area (Å²) in [5, 5.41) is 3.92. The van der Waals surface area contributed by atoms with Gasteiger partial charge in [-0.25, -0.2) is 0 Å². The van der Waals surface area contributed by atoms with Gasteiger partial charge in [-0.3, -0.25) is 0 Å². The van der Waals surface area contributed by atoms with E-state index in [0.29, 0.717) is 0 Å². The van der Waals surface area contributed by atoms with Crippen LogP contribution in [0.2, 0.25) is 5.02 Å². The fourth-order valence-corrected chi connectivity index (χ4v) is 2.42. The van der Waals surface area contributed by atoms with E-state index in [2.05, 4.69) is 60.6 Å². The smallest absolute Gasteiger partial charge is 0.0471 e. The Bertz CT molecular complexity index is 564. The summed E-state index contributed by atoms with van der Waals surface area (Å²) in [6.07, 6.45) is 1.06. The van der Waals surface area contributed by atoms with Crippen LogP contribution < -0.4 is 10.2 Å². The highest BCUT2D eigenvalue weighted by molar-refractivity contribution is 6.31. The van der Waals surface area contributed by atoms with Crippen LogP contribution in [0.5, 0.6) is 0 Å². The van der Waals surface area contributed by atoms with E-state index in [1.165, 1.54) is 11.3 Å². The van der Waals surface area contributed by atoms with E-state index in [9.17, 15) is 0 Å². The predicted octanol–water partition coefficient (Wildman–Crippen LogP) is 4.39. The van der Waals surface area contributed by atoms with Crippen molar-refractivity contribution in [2.75, 3.05) is 19.0 Å². The number of halogens is 1. The largest absolute Gasteiger partial charge is 0.345 e. The lowest BCUT2D eigenvalue weighted by molar-refractivity contribution is 0.818. The lowest BCUT2D eigenvalue weighted by Gasteiger charge is -2.20. The zero-order chi connectivity index (χ0) is 14.5. The van der Waals surface area contributed by atoms with Crippen molar-refractivity contribution in [2.24, 2.45) is 0 Å². The van der Waals surface area contributed by atoms with E-state index in [1.807, 2.05) is 13.1 Å². The molecule has 0 amide bonds. The van der Waals surface area contributed by atoms with Crippen molar-refractivity contribution in [3.63, 3.8) is 0 Å². The number of rotatable bonds is 5. The molecule has 2 aromatic carbocycles. The van der Waals surface area contributed by atoms with Crippen LogP contribution in [0.15, 0.2) is 42.5 Å². The average molecular weight is 289 g/mol. The predicted molar refractivity (Wildman–Crippen MR) is 88.1 cm³/mol. The summed E-state index contributed by atoms with van der Waals surface area (Å²) >= 11 is 6.32. The number of benzene rings is 2. The molecule has 0 unspecified atom stereocenters. The van der Waals surface area contributed by atoms with Crippen molar-refractivity contribution < 1.29 is 0 Å². The minimum absolute atomic E-state index is 0.786. The molecule has 0 spiro atoms. The van der Waals surface area contributed by atoms with Gasteiger partial charge in [-0.1, -0.05) is 36.7 Å². The molecule has 0 aliphatic rings. The van der Waals surface area contributed by atoms with Crippen molar-refractivity contribution in [3.8, 4) is 0 Å². The highest BCUT2D eigenvalue weighted by Gasteiger charge is 2.07. The molecule has 2 aromatic rings. The van der Waals surface area contributed by atoms with Crippen molar-refractivity contribution in [1.29, 1.82) is 0 Å². The summed E-state index contributed by atoms with van der Waals surface area (Å²) in [5.74, 6) is 0. The van der Waals surface area contributed by atoms with Crippen LogP contribution in [0, 0.1) is 0 Å². The molecule has 0 atom stereocenters. The van der Waals surface area contributed by atoms with E-state index in [4.69, 9.17) is 11.6 Å². The fraction of sp³-hybridized carbons (Fsp3) is 0.294. The number of nitrogens with zero attached hydrogens (tertiary/aromatic N) is 1. The molecule has 0 saturated carbocycles. The fourth-order valence-electron chi connectivity index (χ4n) is 2.18.